The van der Waals surface area contributed by atoms with Gasteiger partial charge < -0.3 is 23.9 Å². The van der Waals surface area contributed by atoms with Crippen molar-refractivity contribution in [3.8, 4) is 11.5 Å². The predicted molar refractivity (Wildman–Crippen MR) is 92.9 cm³/mol. The molecule has 0 atom stereocenters. The third-order valence-corrected chi connectivity index (χ3v) is 4.19. The van der Waals surface area contributed by atoms with E-state index in [2.05, 4.69) is 0 Å². The number of amides is 1. The van der Waals surface area contributed by atoms with Crippen molar-refractivity contribution in [3.63, 3.8) is 0 Å². The van der Waals surface area contributed by atoms with Crippen LogP contribution in [-0.4, -0.2) is 41.6 Å². The molecule has 0 saturated carbocycles. The topological polar surface area (TPSA) is 89.2 Å². The molecule has 1 N–H and O–H groups in total. The number of carbonyl (C=O) groups excluding carboxylic acids is 1. The van der Waals surface area contributed by atoms with E-state index in [4.69, 9.17) is 19.0 Å². The highest BCUT2D eigenvalue weighted by molar-refractivity contribution is 5.93. The molecule has 7 nitrogen and oxygen atoms in total. The summed E-state index contributed by atoms with van der Waals surface area (Å²) in [5.74, 6) is -0.362. The van der Waals surface area contributed by atoms with Crippen LogP contribution in [-0.2, 0) is 13.0 Å². The van der Waals surface area contributed by atoms with Crippen molar-refractivity contribution in [2.75, 3.05) is 19.8 Å². The van der Waals surface area contributed by atoms with E-state index in [1.807, 2.05) is 26.0 Å². The zero-order chi connectivity index (χ0) is 18.7. The van der Waals surface area contributed by atoms with Gasteiger partial charge in [-0.15, -0.1) is 0 Å². The summed E-state index contributed by atoms with van der Waals surface area (Å²) < 4.78 is 16.4. The molecular formula is C19H21NO6. The van der Waals surface area contributed by atoms with E-state index >= 15 is 0 Å². The van der Waals surface area contributed by atoms with Crippen LogP contribution in [0.25, 0.3) is 0 Å². The second-order valence-corrected chi connectivity index (χ2v) is 5.88. The maximum Gasteiger partial charge on any atom is 0.371 e. The Hall–Kier alpha value is -2.96. The lowest BCUT2D eigenvalue weighted by Crippen LogP contribution is -2.35. The highest BCUT2D eigenvalue weighted by Crippen LogP contribution is 2.34. The standard InChI is InChI=1S/C19H21NO6/c1-3-24-16-9-12-7-8-20(11-13(12)10-17(16)25-4-2)18(21)14-5-6-15(26-14)19(22)23/h5-6,9-10H,3-4,7-8,11H2,1-2H3,(H,22,23). The normalized spacial score (nSPS) is 13.2. The molecule has 2 aromatic rings. The molecule has 0 saturated heterocycles. The lowest BCUT2D eigenvalue weighted by Gasteiger charge is -2.29. The molecular weight excluding hydrogens is 338 g/mol. The molecule has 0 fully saturated rings. The van der Waals surface area contributed by atoms with Gasteiger partial charge in [0.2, 0.25) is 5.76 Å². The van der Waals surface area contributed by atoms with Gasteiger partial charge >= 0.3 is 5.97 Å². The van der Waals surface area contributed by atoms with Crippen LogP contribution in [0.2, 0.25) is 0 Å². The zero-order valence-corrected chi connectivity index (χ0v) is 14.8. The average molecular weight is 359 g/mol. The second-order valence-electron chi connectivity index (χ2n) is 5.88. The average Bonchev–Trinajstić information content (AvgIpc) is 3.12. The van der Waals surface area contributed by atoms with E-state index < -0.39 is 5.97 Å². The van der Waals surface area contributed by atoms with Gasteiger partial charge in [-0.1, -0.05) is 0 Å². The summed E-state index contributed by atoms with van der Waals surface area (Å²) in [4.78, 5) is 25.2. The van der Waals surface area contributed by atoms with Gasteiger partial charge in [0.05, 0.1) is 13.2 Å². The van der Waals surface area contributed by atoms with E-state index in [9.17, 15) is 9.59 Å². The molecule has 2 heterocycles. The molecule has 0 unspecified atom stereocenters. The van der Waals surface area contributed by atoms with Crippen molar-refractivity contribution < 1.29 is 28.6 Å². The van der Waals surface area contributed by atoms with Gasteiger partial charge in [0, 0.05) is 13.1 Å². The summed E-state index contributed by atoms with van der Waals surface area (Å²) in [6.07, 6.45) is 0.681. The fourth-order valence-electron chi connectivity index (χ4n) is 3.00. The monoisotopic (exact) mass is 359 g/mol. The van der Waals surface area contributed by atoms with E-state index in [-0.39, 0.29) is 17.4 Å². The Morgan fingerprint density at radius 2 is 1.69 bits per heavy atom. The fourth-order valence-corrected chi connectivity index (χ4v) is 3.00. The molecule has 1 amide bonds. The number of nitrogens with zero attached hydrogens (tertiary/aromatic N) is 1. The number of benzene rings is 1. The molecule has 1 aliphatic rings. The van der Waals surface area contributed by atoms with Crippen LogP contribution < -0.4 is 9.47 Å². The SMILES string of the molecule is CCOc1cc2c(cc1OCC)CN(C(=O)c1ccc(C(=O)O)o1)CC2. The van der Waals surface area contributed by atoms with Gasteiger partial charge in [-0.3, -0.25) is 4.79 Å². The largest absolute Gasteiger partial charge is 0.490 e. The van der Waals surface area contributed by atoms with Crippen molar-refractivity contribution in [2.24, 2.45) is 0 Å². The van der Waals surface area contributed by atoms with Crippen LogP contribution in [0.15, 0.2) is 28.7 Å². The number of aromatic carboxylic acids is 1. The second kappa shape index (κ2) is 7.51. The van der Waals surface area contributed by atoms with E-state index in [1.54, 1.807) is 4.90 Å². The van der Waals surface area contributed by atoms with Crippen LogP contribution >= 0.6 is 0 Å². The first kappa shape index (κ1) is 17.8. The van der Waals surface area contributed by atoms with Crippen LogP contribution in [0, 0.1) is 0 Å². The summed E-state index contributed by atoms with van der Waals surface area (Å²) in [6, 6.07) is 6.56. The molecule has 26 heavy (non-hydrogen) atoms. The Labute approximate surface area is 151 Å². The number of fused-ring (bicyclic) bond motifs is 1. The van der Waals surface area contributed by atoms with Crippen molar-refractivity contribution in [2.45, 2.75) is 26.8 Å². The molecule has 1 aromatic heterocycles. The molecule has 1 aromatic carbocycles. The number of furan rings is 1. The first-order chi connectivity index (χ1) is 12.5. The molecule has 0 radical (unpaired) electrons. The minimum absolute atomic E-state index is 0.0295. The molecule has 7 heteroatoms. The highest BCUT2D eigenvalue weighted by Gasteiger charge is 2.26. The van der Waals surface area contributed by atoms with Crippen molar-refractivity contribution in [3.05, 3.63) is 46.9 Å². The molecule has 1 aliphatic heterocycles. The lowest BCUT2D eigenvalue weighted by atomic mass is 9.98. The van der Waals surface area contributed by atoms with E-state index in [0.717, 1.165) is 11.1 Å². The van der Waals surface area contributed by atoms with Gasteiger partial charge in [-0.2, -0.15) is 0 Å². The highest BCUT2D eigenvalue weighted by atomic mass is 16.5. The quantitative estimate of drug-likeness (QED) is 0.853. The number of ether oxygens (including phenoxy) is 2. The summed E-state index contributed by atoms with van der Waals surface area (Å²) in [7, 11) is 0. The maximum atomic E-state index is 12.6. The number of carbonyl (C=O) groups is 2. The Morgan fingerprint density at radius 1 is 1.08 bits per heavy atom. The van der Waals surface area contributed by atoms with E-state index in [1.165, 1.54) is 12.1 Å². The Bertz CT molecular complexity index is 825. The predicted octanol–water partition coefficient (Wildman–Crippen LogP) is 2.97. The molecule has 0 spiro atoms. The molecule has 138 valence electrons. The fraction of sp³-hybridized carbons (Fsp3) is 0.368. The zero-order valence-electron chi connectivity index (χ0n) is 14.8. The van der Waals surface area contributed by atoms with Crippen LogP contribution in [0.4, 0.5) is 0 Å². The van der Waals surface area contributed by atoms with E-state index in [0.29, 0.717) is 44.2 Å². The summed E-state index contributed by atoms with van der Waals surface area (Å²) in [6.45, 7) is 5.82. The van der Waals surface area contributed by atoms with Crippen molar-refractivity contribution >= 4 is 11.9 Å². The van der Waals surface area contributed by atoms with Crippen LogP contribution in [0.5, 0.6) is 11.5 Å². The number of carboxylic acid groups (broad SMARTS) is 1. The molecule has 3 rings (SSSR count). The first-order valence-corrected chi connectivity index (χ1v) is 8.57. The summed E-state index contributed by atoms with van der Waals surface area (Å²) >= 11 is 0. The Balaban J connectivity index is 1.82. The minimum atomic E-state index is -1.20. The number of rotatable bonds is 6. The molecule has 0 aliphatic carbocycles. The Morgan fingerprint density at radius 3 is 2.27 bits per heavy atom. The Kier molecular flexibility index (Phi) is 5.16. The first-order valence-electron chi connectivity index (χ1n) is 8.57. The number of hydrogen-bond acceptors (Lipinski definition) is 5. The van der Waals surface area contributed by atoms with Gasteiger partial charge in [0.25, 0.3) is 5.91 Å². The van der Waals surface area contributed by atoms with Gasteiger partial charge in [0.1, 0.15) is 0 Å². The minimum Gasteiger partial charge on any atom is -0.490 e. The summed E-state index contributed by atoms with van der Waals surface area (Å²) in [5.41, 5.74) is 2.10. The smallest absolute Gasteiger partial charge is 0.371 e. The third kappa shape index (κ3) is 3.51. The lowest BCUT2D eigenvalue weighted by molar-refractivity contribution is 0.0645. The summed E-state index contributed by atoms with van der Waals surface area (Å²) in [5, 5.41) is 8.93. The maximum absolute atomic E-state index is 12.6. The van der Waals surface area contributed by atoms with Gasteiger partial charge in [0.15, 0.2) is 17.3 Å². The van der Waals surface area contributed by atoms with Gasteiger partial charge in [-0.25, -0.2) is 4.79 Å². The van der Waals surface area contributed by atoms with Crippen LogP contribution in [0.3, 0.4) is 0 Å². The molecule has 0 bridgehead atoms. The van der Waals surface area contributed by atoms with Gasteiger partial charge in [-0.05, 0) is 55.7 Å². The number of hydrogen-bond donors (Lipinski definition) is 1. The third-order valence-electron chi connectivity index (χ3n) is 4.19. The van der Waals surface area contributed by atoms with Crippen LogP contribution in [0.1, 0.15) is 46.1 Å². The van der Waals surface area contributed by atoms with Crippen molar-refractivity contribution in [1.82, 2.24) is 4.90 Å². The number of carboxylic acids is 1. The van der Waals surface area contributed by atoms with Crippen molar-refractivity contribution in [1.29, 1.82) is 0 Å².